The average molecular weight is 434 g/mol. The smallest absolute Gasteiger partial charge is 0.306 e. The lowest BCUT2D eigenvalue weighted by atomic mass is 9.97. The molecule has 1 aromatic rings. The fourth-order valence-corrected chi connectivity index (χ4v) is 4.48. The van der Waals surface area contributed by atoms with Gasteiger partial charge in [-0.1, -0.05) is 80.0 Å². The van der Waals surface area contributed by atoms with E-state index in [2.05, 4.69) is 36.5 Å². The molecule has 0 saturated carbocycles. The highest BCUT2D eigenvalue weighted by Gasteiger charge is 2.25. The molecule has 4 nitrogen and oxygen atoms in total. The van der Waals surface area contributed by atoms with Gasteiger partial charge in [0.1, 0.15) is 4.32 Å². The number of amides is 1. The summed E-state index contributed by atoms with van der Waals surface area (Å²) in [6, 6.07) is 8.39. The van der Waals surface area contributed by atoms with E-state index in [0.717, 1.165) is 36.2 Å². The first-order valence-electron chi connectivity index (χ1n) is 10.5. The number of hydrogen-bond acceptors (Lipinski definition) is 5. The third-order valence-electron chi connectivity index (χ3n) is 4.93. The van der Waals surface area contributed by atoms with Gasteiger partial charge in [-0.05, 0) is 50.2 Å². The highest BCUT2D eigenvalue weighted by atomic mass is 32.2. The van der Waals surface area contributed by atoms with Crippen LogP contribution in [0.4, 0.5) is 0 Å². The quantitative estimate of drug-likeness (QED) is 0.204. The zero-order chi connectivity index (χ0) is 21.1. The van der Waals surface area contributed by atoms with E-state index in [1.54, 1.807) is 0 Å². The molecule has 0 radical (unpaired) electrons. The lowest BCUT2D eigenvalue weighted by Gasteiger charge is -2.11. The molecule has 0 aromatic heterocycles. The van der Waals surface area contributed by atoms with Gasteiger partial charge in [0.15, 0.2) is 0 Å². The molecule has 1 heterocycles. The Kier molecular flexibility index (Phi) is 10.4. The van der Waals surface area contributed by atoms with Crippen LogP contribution in [-0.2, 0) is 27.2 Å². The molecule has 1 aromatic carbocycles. The Morgan fingerprint density at radius 3 is 2.21 bits per heavy atom. The van der Waals surface area contributed by atoms with Crippen molar-refractivity contribution in [3.05, 3.63) is 45.9 Å². The van der Waals surface area contributed by atoms with Crippen molar-refractivity contribution in [2.45, 2.75) is 71.6 Å². The van der Waals surface area contributed by atoms with Gasteiger partial charge in [0, 0.05) is 6.42 Å². The second-order valence-corrected chi connectivity index (χ2v) is 8.90. The van der Waals surface area contributed by atoms with Crippen molar-refractivity contribution in [1.82, 2.24) is 5.32 Å². The van der Waals surface area contributed by atoms with Crippen LogP contribution < -0.4 is 5.32 Å². The molecule has 2 rings (SSSR count). The molecule has 0 aliphatic carbocycles. The van der Waals surface area contributed by atoms with E-state index in [1.165, 1.54) is 42.2 Å². The Balaban J connectivity index is 1.94. The van der Waals surface area contributed by atoms with Crippen molar-refractivity contribution in [1.29, 1.82) is 0 Å². The van der Waals surface area contributed by atoms with E-state index in [4.69, 9.17) is 17.0 Å². The van der Waals surface area contributed by atoms with Gasteiger partial charge in [-0.25, -0.2) is 0 Å². The Bertz CT molecular complexity index is 741. The van der Waals surface area contributed by atoms with Gasteiger partial charge in [0.25, 0.3) is 5.91 Å². The molecule has 1 fully saturated rings. The van der Waals surface area contributed by atoms with Crippen LogP contribution in [0.15, 0.2) is 34.7 Å². The number of nitrogens with one attached hydrogen (secondary N) is 1. The van der Waals surface area contributed by atoms with Gasteiger partial charge in [0.05, 0.1) is 11.5 Å². The summed E-state index contributed by atoms with van der Waals surface area (Å²) < 4.78 is 5.53. The lowest BCUT2D eigenvalue weighted by molar-refractivity contribution is -0.143. The van der Waals surface area contributed by atoms with Crippen molar-refractivity contribution >= 4 is 40.2 Å². The van der Waals surface area contributed by atoms with E-state index >= 15 is 0 Å². The van der Waals surface area contributed by atoms with Crippen LogP contribution in [0.3, 0.4) is 0 Å². The van der Waals surface area contributed by atoms with E-state index in [1.807, 2.05) is 6.92 Å². The van der Waals surface area contributed by atoms with Gasteiger partial charge in [-0.2, -0.15) is 0 Å². The second-order valence-electron chi connectivity index (χ2n) is 7.21. The zero-order valence-electron chi connectivity index (χ0n) is 17.4. The van der Waals surface area contributed by atoms with Crippen LogP contribution in [0.1, 0.15) is 69.9 Å². The first-order chi connectivity index (χ1) is 14.0. The Morgan fingerprint density at radius 2 is 1.66 bits per heavy atom. The summed E-state index contributed by atoms with van der Waals surface area (Å²) in [5, 5.41) is 2.75. The van der Waals surface area contributed by atoms with Gasteiger partial charge >= 0.3 is 5.97 Å². The van der Waals surface area contributed by atoms with Gasteiger partial charge in [-0.15, -0.1) is 0 Å². The minimum atomic E-state index is -0.152. The number of aryl methyl sites for hydroxylation is 2. The molecule has 0 unspecified atom stereocenters. The number of esters is 1. The number of benzene rings is 1. The summed E-state index contributed by atoms with van der Waals surface area (Å²) in [5.74, 6) is -0.194. The summed E-state index contributed by atoms with van der Waals surface area (Å²) in [6.07, 6.45) is 8.56. The number of unbranched alkanes of at least 4 members (excludes halogenated alkanes) is 3. The zero-order valence-corrected chi connectivity index (χ0v) is 19.1. The van der Waals surface area contributed by atoms with Crippen LogP contribution in [0.25, 0.3) is 0 Å². The highest BCUT2D eigenvalue weighted by molar-refractivity contribution is 8.26. The summed E-state index contributed by atoms with van der Waals surface area (Å²) in [5.41, 5.74) is 3.59. The molecule has 1 aliphatic heterocycles. The number of carbonyl (C=O) groups excluding carboxylic acids is 2. The summed E-state index contributed by atoms with van der Waals surface area (Å²) in [6.45, 7) is 4.45. The molecule has 6 heteroatoms. The van der Waals surface area contributed by atoms with Crippen LogP contribution in [0.2, 0.25) is 0 Å². The third kappa shape index (κ3) is 8.31. The number of allylic oxidation sites excluding steroid dienone is 1. The minimum Gasteiger partial charge on any atom is -0.466 e. The standard InChI is InChI=1S/C23H31NO3S2/c1-3-5-6-7-8-19(21-22(26)24-23(28)29-21)15-13-17-9-11-18(12-10-17)14-16-20(25)27-4-2/h9-12H,3-8,13-16H2,1-2H3,(H,24,26,28)/b21-19+. The van der Waals surface area contributed by atoms with Crippen molar-refractivity contribution in [3.63, 3.8) is 0 Å². The molecule has 29 heavy (non-hydrogen) atoms. The molecular formula is C23H31NO3S2. The molecule has 0 atom stereocenters. The number of rotatable bonds is 12. The highest BCUT2D eigenvalue weighted by Crippen LogP contribution is 2.32. The molecule has 1 amide bonds. The number of hydrogen-bond donors (Lipinski definition) is 1. The molecule has 0 bridgehead atoms. The predicted octanol–water partition coefficient (Wildman–Crippen LogP) is 5.49. The molecule has 0 spiro atoms. The molecule has 1 N–H and O–H groups in total. The largest absolute Gasteiger partial charge is 0.466 e. The van der Waals surface area contributed by atoms with Gasteiger partial charge in [-0.3, -0.25) is 9.59 Å². The number of thioether (sulfide) groups is 1. The Hall–Kier alpha value is -1.66. The van der Waals surface area contributed by atoms with E-state index in [-0.39, 0.29) is 11.9 Å². The second kappa shape index (κ2) is 12.8. The first-order valence-corrected chi connectivity index (χ1v) is 11.7. The number of carbonyl (C=O) groups is 2. The maximum absolute atomic E-state index is 12.2. The van der Waals surface area contributed by atoms with Crippen molar-refractivity contribution in [2.75, 3.05) is 6.61 Å². The topological polar surface area (TPSA) is 55.4 Å². The Labute approximate surface area is 183 Å². The minimum absolute atomic E-state index is 0.0418. The van der Waals surface area contributed by atoms with Gasteiger partial charge in [0.2, 0.25) is 0 Å². The van der Waals surface area contributed by atoms with Crippen LogP contribution in [-0.4, -0.2) is 22.8 Å². The third-order valence-corrected chi connectivity index (χ3v) is 6.25. The van der Waals surface area contributed by atoms with Crippen molar-refractivity contribution < 1.29 is 14.3 Å². The van der Waals surface area contributed by atoms with Crippen LogP contribution in [0.5, 0.6) is 0 Å². The monoisotopic (exact) mass is 433 g/mol. The maximum Gasteiger partial charge on any atom is 0.306 e. The van der Waals surface area contributed by atoms with E-state index in [9.17, 15) is 9.59 Å². The van der Waals surface area contributed by atoms with Crippen LogP contribution in [0, 0.1) is 0 Å². The Morgan fingerprint density at radius 1 is 1.00 bits per heavy atom. The lowest BCUT2D eigenvalue weighted by Crippen LogP contribution is -2.18. The van der Waals surface area contributed by atoms with Gasteiger partial charge < -0.3 is 10.1 Å². The number of thiocarbonyl (C=S) groups is 1. The fourth-order valence-electron chi connectivity index (χ4n) is 3.31. The SMILES string of the molecule is CCCCCC/C(CCc1ccc(CCC(=O)OCC)cc1)=C1\SC(=S)NC1=O. The van der Waals surface area contributed by atoms with Crippen molar-refractivity contribution in [2.24, 2.45) is 0 Å². The van der Waals surface area contributed by atoms with E-state index < -0.39 is 0 Å². The number of ether oxygens (including phenoxy) is 1. The maximum atomic E-state index is 12.2. The normalized spacial score (nSPS) is 15.4. The fraction of sp³-hybridized carbons (Fsp3) is 0.522. The van der Waals surface area contributed by atoms with Crippen LogP contribution >= 0.6 is 24.0 Å². The summed E-state index contributed by atoms with van der Waals surface area (Å²) in [4.78, 5) is 24.5. The average Bonchev–Trinajstić information content (AvgIpc) is 3.05. The summed E-state index contributed by atoms with van der Waals surface area (Å²) in [7, 11) is 0. The van der Waals surface area contributed by atoms with E-state index in [0.29, 0.717) is 23.8 Å². The molecule has 1 saturated heterocycles. The summed E-state index contributed by atoms with van der Waals surface area (Å²) >= 11 is 6.57. The first kappa shape index (κ1) is 23.6. The van der Waals surface area contributed by atoms with Crippen molar-refractivity contribution in [3.8, 4) is 0 Å². The molecular weight excluding hydrogens is 402 g/mol. The molecule has 158 valence electrons. The molecule has 1 aliphatic rings. The predicted molar refractivity (Wildman–Crippen MR) is 124 cm³/mol.